The van der Waals surface area contributed by atoms with Gasteiger partial charge in [0.05, 0.1) is 6.20 Å². The molecule has 3 N–H and O–H groups in total. The molecule has 0 aliphatic carbocycles. The van der Waals surface area contributed by atoms with E-state index in [9.17, 15) is 4.79 Å². The van der Waals surface area contributed by atoms with Crippen molar-refractivity contribution in [1.82, 2.24) is 15.1 Å². The Morgan fingerprint density at radius 1 is 1.50 bits per heavy atom. The first-order chi connectivity index (χ1) is 9.23. The first-order valence-electron chi connectivity index (χ1n) is 6.94. The maximum absolute atomic E-state index is 11.6. The van der Waals surface area contributed by atoms with Crippen molar-refractivity contribution in [2.45, 2.75) is 52.2 Å². The molecule has 1 aromatic heterocycles. The van der Waals surface area contributed by atoms with Gasteiger partial charge in [-0.25, -0.2) is 4.79 Å². The van der Waals surface area contributed by atoms with Gasteiger partial charge in [-0.1, -0.05) is 0 Å². The Balaban J connectivity index is 2.56. The van der Waals surface area contributed by atoms with Gasteiger partial charge in [0.25, 0.3) is 0 Å². The fourth-order valence-corrected chi connectivity index (χ4v) is 1.70. The fraction of sp³-hybridized carbons (Fsp3) is 0.714. The second-order valence-corrected chi connectivity index (χ2v) is 6.16. The lowest BCUT2D eigenvalue weighted by atomic mass is 10.0. The Kier molecular flexibility index (Phi) is 5.56. The van der Waals surface area contributed by atoms with Gasteiger partial charge >= 0.3 is 6.09 Å². The predicted octanol–water partition coefficient (Wildman–Crippen LogP) is 2.03. The molecular weight excluding hydrogens is 256 g/mol. The van der Waals surface area contributed by atoms with Gasteiger partial charge in [-0.3, -0.25) is 4.68 Å². The van der Waals surface area contributed by atoms with Crippen LogP contribution in [0.1, 0.15) is 52.1 Å². The summed E-state index contributed by atoms with van der Waals surface area (Å²) in [5.74, 6) is 0.0371. The van der Waals surface area contributed by atoms with E-state index in [1.165, 1.54) is 0 Å². The molecule has 20 heavy (non-hydrogen) atoms. The smallest absolute Gasteiger partial charge is 0.407 e. The van der Waals surface area contributed by atoms with Crippen molar-refractivity contribution in [3.63, 3.8) is 0 Å². The van der Waals surface area contributed by atoms with Gasteiger partial charge in [0, 0.05) is 31.2 Å². The Hall–Kier alpha value is -1.56. The topological polar surface area (TPSA) is 82.2 Å². The molecule has 0 saturated carbocycles. The monoisotopic (exact) mass is 282 g/mol. The maximum Gasteiger partial charge on any atom is 0.407 e. The van der Waals surface area contributed by atoms with Crippen LogP contribution in [0.3, 0.4) is 0 Å². The molecule has 0 saturated heterocycles. The number of nitrogens with one attached hydrogen (secondary N) is 1. The summed E-state index contributed by atoms with van der Waals surface area (Å²) >= 11 is 0. The van der Waals surface area contributed by atoms with Gasteiger partial charge in [-0.15, -0.1) is 0 Å². The summed E-state index contributed by atoms with van der Waals surface area (Å²) in [4.78, 5) is 11.6. The minimum atomic E-state index is -0.495. The third kappa shape index (κ3) is 5.21. The van der Waals surface area contributed by atoms with E-state index in [0.717, 1.165) is 5.56 Å². The zero-order chi connectivity index (χ0) is 15.3. The second kappa shape index (κ2) is 6.74. The molecule has 0 radical (unpaired) electrons. The van der Waals surface area contributed by atoms with E-state index in [1.54, 1.807) is 6.20 Å². The minimum absolute atomic E-state index is 0.0371. The molecule has 0 aliphatic rings. The number of nitrogens with zero attached hydrogens (tertiary/aromatic N) is 2. The number of hydrogen-bond acceptors (Lipinski definition) is 4. The third-order valence-electron chi connectivity index (χ3n) is 2.80. The van der Waals surface area contributed by atoms with Crippen molar-refractivity contribution < 1.29 is 9.53 Å². The molecular formula is C14H26N4O2. The predicted molar refractivity (Wildman–Crippen MR) is 78.6 cm³/mol. The molecule has 6 nitrogen and oxygen atoms in total. The lowest BCUT2D eigenvalue weighted by Gasteiger charge is -2.21. The average molecular weight is 282 g/mol. The van der Waals surface area contributed by atoms with Crippen LogP contribution >= 0.6 is 0 Å². The van der Waals surface area contributed by atoms with E-state index in [1.807, 2.05) is 31.6 Å². The normalized spacial score (nSPS) is 13.3. The number of nitrogens with two attached hydrogens (primary N) is 1. The highest BCUT2D eigenvalue weighted by molar-refractivity contribution is 5.67. The van der Waals surface area contributed by atoms with Crippen LogP contribution in [0.15, 0.2) is 12.4 Å². The van der Waals surface area contributed by atoms with E-state index in [2.05, 4.69) is 24.3 Å². The highest BCUT2D eigenvalue weighted by atomic mass is 16.6. The highest BCUT2D eigenvalue weighted by Crippen LogP contribution is 2.15. The third-order valence-corrected chi connectivity index (χ3v) is 2.80. The van der Waals surface area contributed by atoms with Gasteiger partial charge in [0.2, 0.25) is 0 Å². The summed E-state index contributed by atoms with van der Waals surface area (Å²) in [7, 11) is 0. The molecule has 1 amide bonds. The number of ether oxygens (including phenoxy) is 1. The maximum atomic E-state index is 11.6. The molecule has 1 unspecified atom stereocenters. The summed E-state index contributed by atoms with van der Waals surface area (Å²) < 4.78 is 7.08. The van der Waals surface area contributed by atoms with Crippen molar-refractivity contribution >= 4 is 6.09 Å². The minimum Gasteiger partial charge on any atom is -0.444 e. The summed E-state index contributed by atoms with van der Waals surface area (Å²) in [6.07, 6.45) is 3.35. The standard InChI is InChI=1S/C14H26N4O2/c1-10(2)18-9-12(8-17-18)11(6-15)7-16-13(19)20-14(3,4)5/h8-11H,6-7,15H2,1-5H3,(H,16,19). The Labute approximate surface area is 120 Å². The SMILES string of the molecule is CC(C)n1cc(C(CN)CNC(=O)OC(C)(C)C)cn1. The Morgan fingerprint density at radius 2 is 2.15 bits per heavy atom. The number of aromatic nitrogens is 2. The molecule has 0 fully saturated rings. The average Bonchev–Trinajstić information content (AvgIpc) is 2.77. The van der Waals surface area contributed by atoms with Crippen molar-refractivity contribution in [1.29, 1.82) is 0 Å². The molecule has 6 heteroatoms. The van der Waals surface area contributed by atoms with Gasteiger partial charge in [0.1, 0.15) is 5.60 Å². The van der Waals surface area contributed by atoms with Gasteiger partial charge < -0.3 is 15.8 Å². The van der Waals surface area contributed by atoms with E-state index >= 15 is 0 Å². The van der Waals surface area contributed by atoms with Crippen LogP contribution in [0.4, 0.5) is 4.79 Å². The molecule has 0 spiro atoms. The zero-order valence-corrected chi connectivity index (χ0v) is 13.0. The number of rotatable bonds is 5. The van der Waals surface area contributed by atoms with Crippen molar-refractivity contribution in [2.75, 3.05) is 13.1 Å². The fourth-order valence-electron chi connectivity index (χ4n) is 1.70. The van der Waals surface area contributed by atoms with Crippen molar-refractivity contribution in [3.05, 3.63) is 18.0 Å². The van der Waals surface area contributed by atoms with Crippen molar-refractivity contribution in [2.24, 2.45) is 5.73 Å². The van der Waals surface area contributed by atoms with Crippen LogP contribution in [-0.2, 0) is 4.74 Å². The van der Waals surface area contributed by atoms with E-state index in [4.69, 9.17) is 10.5 Å². The Morgan fingerprint density at radius 3 is 2.60 bits per heavy atom. The summed E-state index contributed by atoms with van der Waals surface area (Å²) in [5, 5.41) is 7.04. The first kappa shape index (κ1) is 16.5. The quantitative estimate of drug-likeness (QED) is 0.865. The molecule has 1 rings (SSSR count). The highest BCUT2D eigenvalue weighted by Gasteiger charge is 2.18. The number of carbonyl (C=O) groups is 1. The molecule has 0 aromatic carbocycles. The molecule has 1 atom stereocenters. The number of alkyl carbamates (subject to hydrolysis) is 1. The number of amides is 1. The largest absolute Gasteiger partial charge is 0.444 e. The van der Waals surface area contributed by atoms with Crippen LogP contribution in [0, 0.1) is 0 Å². The number of carbonyl (C=O) groups excluding carboxylic acids is 1. The van der Waals surface area contributed by atoms with Gasteiger partial charge in [-0.2, -0.15) is 5.10 Å². The Bertz CT molecular complexity index is 435. The van der Waals surface area contributed by atoms with Gasteiger partial charge in [-0.05, 0) is 40.2 Å². The lowest BCUT2D eigenvalue weighted by molar-refractivity contribution is 0.0525. The van der Waals surface area contributed by atoms with Crippen molar-refractivity contribution in [3.8, 4) is 0 Å². The molecule has 114 valence electrons. The summed E-state index contributed by atoms with van der Waals surface area (Å²) in [5.41, 5.74) is 6.30. The molecule has 0 bridgehead atoms. The summed E-state index contributed by atoms with van der Waals surface area (Å²) in [6.45, 7) is 10.5. The zero-order valence-electron chi connectivity index (χ0n) is 13.0. The van der Waals surface area contributed by atoms with Crippen LogP contribution in [0.25, 0.3) is 0 Å². The number of hydrogen-bond donors (Lipinski definition) is 2. The van der Waals surface area contributed by atoms with E-state index in [-0.39, 0.29) is 5.92 Å². The van der Waals surface area contributed by atoms with Crippen LogP contribution in [0.2, 0.25) is 0 Å². The molecule has 0 aliphatic heterocycles. The van der Waals surface area contributed by atoms with Crippen LogP contribution < -0.4 is 11.1 Å². The van der Waals surface area contributed by atoms with Crippen LogP contribution in [-0.4, -0.2) is 34.6 Å². The molecule has 1 heterocycles. The summed E-state index contributed by atoms with van der Waals surface area (Å²) in [6, 6.07) is 0.306. The van der Waals surface area contributed by atoms with Crippen LogP contribution in [0.5, 0.6) is 0 Å². The van der Waals surface area contributed by atoms with Gasteiger partial charge in [0.15, 0.2) is 0 Å². The van der Waals surface area contributed by atoms with E-state index in [0.29, 0.717) is 19.1 Å². The first-order valence-corrected chi connectivity index (χ1v) is 6.94. The second-order valence-electron chi connectivity index (χ2n) is 6.16. The molecule has 1 aromatic rings. The van der Waals surface area contributed by atoms with E-state index < -0.39 is 11.7 Å². The lowest BCUT2D eigenvalue weighted by Crippen LogP contribution is -2.36.